The maximum atomic E-state index is 10.3. The number of azo groups is 1. The quantitative estimate of drug-likeness (QED) is 0.400. The van der Waals surface area contributed by atoms with Crippen LogP contribution in [0.5, 0.6) is 0 Å². The Morgan fingerprint density at radius 3 is 2.50 bits per heavy atom. The highest BCUT2D eigenvalue weighted by molar-refractivity contribution is 5.73. The van der Waals surface area contributed by atoms with Crippen molar-refractivity contribution in [3.63, 3.8) is 0 Å². The molecule has 0 aromatic heterocycles. The van der Waals surface area contributed by atoms with E-state index in [1.807, 2.05) is 24.3 Å². The number of anilines is 1. The molecule has 0 bridgehead atoms. The molecule has 0 heterocycles. The molecule has 0 aliphatic carbocycles. The van der Waals surface area contributed by atoms with Gasteiger partial charge < -0.3 is 5.32 Å². The summed E-state index contributed by atoms with van der Waals surface area (Å²) in [6, 6.07) is 15.3. The highest BCUT2D eigenvalue weighted by atomic mass is 16.1. The fraction of sp³-hybridized carbons (Fsp3) is 0.278. The van der Waals surface area contributed by atoms with Gasteiger partial charge in [0, 0.05) is 5.69 Å². The molecular weight excluding hydrogens is 274 g/mol. The number of nitrogens with zero attached hydrogens (tertiary/aromatic N) is 2. The molecule has 2 aromatic rings. The van der Waals surface area contributed by atoms with Gasteiger partial charge in [-0.05, 0) is 48.7 Å². The zero-order chi connectivity index (χ0) is 15.6. The number of carbonyl (C=O) groups excluding carboxylic acids is 1. The summed E-state index contributed by atoms with van der Waals surface area (Å²) in [5, 5.41) is 10.9. The number of amides is 1. The summed E-state index contributed by atoms with van der Waals surface area (Å²) in [7, 11) is 0. The third-order valence-corrected chi connectivity index (χ3v) is 3.33. The molecule has 1 amide bonds. The van der Waals surface area contributed by atoms with Gasteiger partial charge in [-0.2, -0.15) is 10.2 Å². The Labute approximate surface area is 131 Å². The van der Waals surface area contributed by atoms with Gasteiger partial charge in [-0.3, -0.25) is 4.79 Å². The van der Waals surface area contributed by atoms with E-state index < -0.39 is 0 Å². The van der Waals surface area contributed by atoms with E-state index in [0.717, 1.165) is 12.1 Å². The largest absolute Gasteiger partial charge is 0.318 e. The lowest BCUT2D eigenvalue weighted by Gasteiger charge is -2.01. The van der Waals surface area contributed by atoms with Gasteiger partial charge in [0.25, 0.3) is 0 Å². The number of nitrogens with one attached hydrogen (secondary N) is 1. The number of hydrogen-bond acceptors (Lipinski definition) is 3. The molecule has 1 radical (unpaired) electrons. The minimum Gasteiger partial charge on any atom is -0.318 e. The molecule has 0 spiro atoms. The van der Waals surface area contributed by atoms with Crippen molar-refractivity contribution in [2.75, 3.05) is 5.32 Å². The van der Waals surface area contributed by atoms with Gasteiger partial charge in [-0.1, -0.05) is 38.0 Å². The lowest BCUT2D eigenvalue weighted by Crippen LogP contribution is -1.91. The van der Waals surface area contributed by atoms with E-state index >= 15 is 0 Å². The Kier molecular flexibility index (Phi) is 6.30. The van der Waals surface area contributed by atoms with Crippen LogP contribution in [-0.2, 0) is 11.2 Å². The van der Waals surface area contributed by atoms with Crippen molar-refractivity contribution in [1.82, 2.24) is 0 Å². The summed E-state index contributed by atoms with van der Waals surface area (Å²) in [6.45, 7) is 2.21. The first kappa shape index (κ1) is 15.9. The fourth-order valence-electron chi connectivity index (χ4n) is 2.13. The first-order chi connectivity index (χ1) is 10.8. The number of aryl methyl sites for hydroxylation is 1. The van der Waals surface area contributed by atoms with Crippen LogP contribution in [0.2, 0.25) is 0 Å². The molecule has 2 aromatic carbocycles. The summed E-state index contributed by atoms with van der Waals surface area (Å²) < 4.78 is 0. The van der Waals surface area contributed by atoms with Crippen molar-refractivity contribution in [3.8, 4) is 0 Å². The maximum Gasteiger partial charge on any atom is 0.314 e. The van der Waals surface area contributed by atoms with Crippen molar-refractivity contribution in [3.05, 3.63) is 54.1 Å². The molecular formula is C18H20N3O. The third kappa shape index (κ3) is 5.13. The fourth-order valence-corrected chi connectivity index (χ4v) is 2.13. The van der Waals surface area contributed by atoms with Crippen LogP contribution in [0.3, 0.4) is 0 Å². The van der Waals surface area contributed by atoms with Gasteiger partial charge in [0.15, 0.2) is 0 Å². The van der Waals surface area contributed by atoms with E-state index in [1.54, 1.807) is 18.5 Å². The predicted octanol–water partition coefficient (Wildman–Crippen LogP) is 5.31. The highest BCUT2D eigenvalue weighted by Crippen LogP contribution is 2.21. The topological polar surface area (TPSA) is 53.8 Å². The summed E-state index contributed by atoms with van der Waals surface area (Å²) in [5.74, 6) is 0. The molecule has 0 atom stereocenters. The molecule has 0 aliphatic rings. The normalized spacial score (nSPS) is 10.8. The monoisotopic (exact) mass is 294 g/mol. The van der Waals surface area contributed by atoms with E-state index in [0.29, 0.717) is 11.4 Å². The molecule has 0 saturated heterocycles. The van der Waals surface area contributed by atoms with Crippen molar-refractivity contribution in [2.45, 2.75) is 32.6 Å². The number of rotatable bonds is 8. The molecule has 1 N–H and O–H groups in total. The van der Waals surface area contributed by atoms with Crippen molar-refractivity contribution in [1.29, 1.82) is 0 Å². The standard InChI is InChI=1S/C18H20N3O/c1-2-3-4-6-15-9-11-16(12-10-15)20-21-18-8-5-7-17(13-18)19-14-22/h5,7-13H,2-4,6H2,1H3,(H,19,22). The number of unbranched alkanes of at least 4 members (excludes halogenated alkanes) is 2. The van der Waals surface area contributed by atoms with Gasteiger partial charge in [-0.15, -0.1) is 0 Å². The van der Waals surface area contributed by atoms with Crippen LogP contribution in [0.1, 0.15) is 31.7 Å². The molecule has 22 heavy (non-hydrogen) atoms. The molecule has 0 unspecified atom stereocenters. The van der Waals surface area contributed by atoms with Crippen molar-refractivity contribution < 1.29 is 4.79 Å². The van der Waals surface area contributed by atoms with E-state index in [-0.39, 0.29) is 0 Å². The van der Waals surface area contributed by atoms with Crippen LogP contribution in [0.25, 0.3) is 0 Å². The molecule has 4 nitrogen and oxygen atoms in total. The Bertz CT molecular complexity index is 620. The average Bonchev–Trinajstić information content (AvgIpc) is 2.55. The number of hydrogen-bond donors (Lipinski definition) is 1. The average molecular weight is 294 g/mol. The van der Waals surface area contributed by atoms with Crippen LogP contribution in [0.4, 0.5) is 17.1 Å². The van der Waals surface area contributed by atoms with Crippen LogP contribution in [0, 0.1) is 0 Å². The molecule has 2 rings (SSSR count). The van der Waals surface area contributed by atoms with Crippen molar-refractivity contribution in [2.24, 2.45) is 10.2 Å². The molecule has 0 fully saturated rings. The van der Waals surface area contributed by atoms with Gasteiger partial charge in [0.2, 0.25) is 0 Å². The lowest BCUT2D eigenvalue weighted by molar-refractivity contribution is 0.561. The second kappa shape index (κ2) is 8.72. The van der Waals surface area contributed by atoms with E-state index in [1.165, 1.54) is 24.8 Å². The molecule has 4 heteroatoms. The minimum atomic E-state index is 0.651. The SMILES string of the molecule is CCCCCc1ccc(N=Nc2cccc(N[C]=O)c2)cc1. The summed E-state index contributed by atoms with van der Waals surface area (Å²) in [4.78, 5) is 10.3. The maximum absolute atomic E-state index is 10.3. The zero-order valence-corrected chi connectivity index (χ0v) is 12.7. The Morgan fingerprint density at radius 2 is 1.77 bits per heavy atom. The summed E-state index contributed by atoms with van der Waals surface area (Å²) in [6.07, 6.45) is 6.49. The van der Waals surface area contributed by atoms with Gasteiger partial charge >= 0.3 is 6.41 Å². The highest BCUT2D eigenvalue weighted by Gasteiger charge is 1.96. The molecule has 113 valence electrons. The number of benzene rings is 2. The Hall–Kier alpha value is -2.49. The second-order valence-electron chi connectivity index (χ2n) is 5.10. The van der Waals surface area contributed by atoms with Crippen LogP contribution >= 0.6 is 0 Å². The third-order valence-electron chi connectivity index (χ3n) is 3.33. The minimum absolute atomic E-state index is 0.651. The molecule has 0 aliphatic heterocycles. The first-order valence-corrected chi connectivity index (χ1v) is 7.55. The second-order valence-corrected chi connectivity index (χ2v) is 5.10. The Morgan fingerprint density at radius 1 is 1.00 bits per heavy atom. The van der Waals surface area contributed by atoms with E-state index in [2.05, 4.69) is 34.6 Å². The van der Waals surface area contributed by atoms with E-state index in [9.17, 15) is 4.79 Å². The smallest absolute Gasteiger partial charge is 0.314 e. The molecule has 0 saturated carbocycles. The lowest BCUT2D eigenvalue weighted by atomic mass is 10.1. The van der Waals surface area contributed by atoms with Crippen LogP contribution in [0.15, 0.2) is 58.8 Å². The first-order valence-electron chi connectivity index (χ1n) is 7.55. The van der Waals surface area contributed by atoms with Gasteiger partial charge in [0.05, 0.1) is 11.4 Å². The predicted molar refractivity (Wildman–Crippen MR) is 89.6 cm³/mol. The van der Waals surface area contributed by atoms with Gasteiger partial charge in [-0.25, -0.2) is 0 Å². The summed E-state index contributed by atoms with van der Waals surface area (Å²) >= 11 is 0. The van der Waals surface area contributed by atoms with Crippen molar-refractivity contribution >= 4 is 23.5 Å². The van der Waals surface area contributed by atoms with Crippen LogP contribution in [-0.4, -0.2) is 6.41 Å². The van der Waals surface area contributed by atoms with E-state index in [4.69, 9.17) is 0 Å². The summed E-state index contributed by atoms with van der Waals surface area (Å²) in [5.41, 5.74) is 3.49. The van der Waals surface area contributed by atoms with Crippen LogP contribution < -0.4 is 5.32 Å². The zero-order valence-electron chi connectivity index (χ0n) is 12.7. The van der Waals surface area contributed by atoms with Gasteiger partial charge in [0.1, 0.15) is 0 Å². The Balaban J connectivity index is 1.97.